The summed E-state index contributed by atoms with van der Waals surface area (Å²) in [6.07, 6.45) is 0. The van der Waals surface area contributed by atoms with Gasteiger partial charge in [-0.25, -0.2) is 22.9 Å². The highest BCUT2D eigenvalue weighted by Gasteiger charge is 2.20. The lowest BCUT2D eigenvalue weighted by atomic mass is 10.3. The summed E-state index contributed by atoms with van der Waals surface area (Å²) in [6.45, 7) is 3.09. The second-order valence-corrected chi connectivity index (χ2v) is 10.0. The first-order valence-corrected chi connectivity index (χ1v) is 11.9. The zero-order valence-electron chi connectivity index (χ0n) is 17.4. The number of amides is 1. The molecule has 0 radical (unpaired) electrons. The van der Waals surface area contributed by atoms with E-state index in [9.17, 15) is 18.0 Å². The molecule has 0 atom stereocenters. The van der Waals surface area contributed by atoms with Gasteiger partial charge in [-0.15, -0.1) is 0 Å². The molecule has 0 bridgehead atoms. The van der Waals surface area contributed by atoms with Crippen LogP contribution in [0, 0.1) is 0 Å². The lowest BCUT2D eigenvalue weighted by Gasteiger charge is -2.09. The summed E-state index contributed by atoms with van der Waals surface area (Å²) in [6, 6.07) is 9.14. The van der Waals surface area contributed by atoms with Crippen LogP contribution in [0.4, 0.5) is 5.13 Å². The molecule has 0 aliphatic rings. The van der Waals surface area contributed by atoms with Crippen molar-refractivity contribution in [1.82, 2.24) is 14.3 Å². The fourth-order valence-electron chi connectivity index (χ4n) is 3.13. The minimum Gasteiger partial charge on any atom is -0.497 e. The number of ether oxygens (including phenoxy) is 1. The number of anilines is 1. The summed E-state index contributed by atoms with van der Waals surface area (Å²) in [5.74, 6) is -0.560. The van der Waals surface area contributed by atoms with Crippen molar-refractivity contribution in [3.05, 3.63) is 46.9 Å². The number of fused-ring (bicyclic) bond motifs is 2. The third-order valence-corrected chi connectivity index (χ3v) is 7.07. The van der Waals surface area contributed by atoms with Gasteiger partial charge in [0.05, 0.1) is 27.7 Å². The molecule has 0 fully saturated rings. The Balaban J connectivity index is 1.57. The SMILES string of the molecule is COc1ccc2nc(NC(=O)Cn3c(=O)oc4cc(S(=O)(=O)NC(C)C)ccc43)sc2c1. The number of rotatable bonds is 7. The van der Waals surface area contributed by atoms with Gasteiger partial charge >= 0.3 is 5.76 Å². The van der Waals surface area contributed by atoms with E-state index in [4.69, 9.17) is 9.15 Å². The predicted molar refractivity (Wildman–Crippen MR) is 121 cm³/mol. The number of carbonyl (C=O) groups is 1. The molecule has 32 heavy (non-hydrogen) atoms. The number of oxazole rings is 1. The summed E-state index contributed by atoms with van der Waals surface area (Å²) < 4.78 is 39.5. The second kappa shape index (κ2) is 8.37. The van der Waals surface area contributed by atoms with Crippen LogP contribution in [0.15, 0.2) is 50.5 Å². The maximum Gasteiger partial charge on any atom is 0.420 e. The molecule has 0 aliphatic carbocycles. The van der Waals surface area contributed by atoms with Crippen molar-refractivity contribution in [3.8, 4) is 5.75 Å². The molecule has 0 unspecified atom stereocenters. The van der Waals surface area contributed by atoms with Crippen molar-refractivity contribution in [2.45, 2.75) is 31.3 Å². The quantitative estimate of drug-likeness (QED) is 0.419. The Hall–Kier alpha value is -3.22. The molecule has 2 aromatic carbocycles. The summed E-state index contributed by atoms with van der Waals surface area (Å²) >= 11 is 1.28. The van der Waals surface area contributed by atoms with Crippen LogP contribution in [0.5, 0.6) is 5.75 Å². The van der Waals surface area contributed by atoms with Gasteiger partial charge in [-0.2, -0.15) is 0 Å². The molecule has 0 spiro atoms. The molecule has 2 N–H and O–H groups in total. The highest BCUT2D eigenvalue weighted by atomic mass is 32.2. The predicted octanol–water partition coefficient (Wildman–Crippen LogP) is 2.54. The number of benzene rings is 2. The lowest BCUT2D eigenvalue weighted by Crippen LogP contribution is -2.30. The fraction of sp³-hybridized carbons (Fsp3) is 0.250. The van der Waals surface area contributed by atoms with Crippen molar-refractivity contribution in [2.24, 2.45) is 0 Å². The minimum absolute atomic E-state index is 0.0334. The van der Waals surface area contributed by atoms with Crippen LogP contribution in [0.1, 0.15) is 13.8 Å². The Labute approximate surface area is 186 Å². The van der Waals surface area contributed by atoms with E-state index in [0.29, 0.717) is 21.9 Å². The van der Waals surface area contributed by atoms with Gasteiger partial charge in [0, 0.05) is 12.1 Å². The Bertz CT molecular complexity index is 1480. The summed E-state index contributed by atoms with van der Waals surface area (Å²) in [7, 11) is -2.19. The molecule has 0 saturated carbocycles. The average Bonchev–Trinajstić information content (AvgIpc) is 3.25. The Morgan fingerprint density at radius 2 is 2.03 bits per heavy atom. The summed E-state index contributed by atoms with van der Waals surface area (Å²) in [4.78, 5) is 29.2. The number of carbonyl (C=O) groups excluding carboxylic acids is 1. The van der Waals surface area contributed by atoms with E-state index in [1.54, 1.807) is 33.1 Å². The molecular formula is C20H20N4O6S2. The molecule has 2 aromatic heterocycles. The number of sulfonamides is 1. The van der Waals surface area contributed by atoms with Crippen LogP contribution >= 0.6 is 11.3 Å². The highest BCUT2D eigenvalue weighted by Crippen LogP contribution is 2.29. The molecule has 10 nitrogen and oxygen atoms in total. The van der Waals surface area contributed by atoms with E-state index in [1.807, 2.05) is 6.07 Å². The zero-order chi connectivity index (χ0) is 23.0. The first-order valence-electron chi connectivity index (χ1n) is 9.56. The number of aromatic nitrogens is 2. The second-order valence-electron chi connectivity index (χ2n) is 7.26. The van der Waals surface area contributed by atoms with Gasteiger partial charge in [0.25, 0.3) is 0 Å². The number of methoxy groups -OCH3 is 1. The van der Waals surface area contributed by atoms with Crippen molar-refractivity contribution >= 4 is 53.7 Å². The van der Waals surface area contributed by atoms with Crippen molar-refractivity contribution in [2.75, 3.05) is 12.4 Å². The van der Waals surface area contributed by atoms with Crippen LogP contribution in [0.25, 0.3) is 21.3 Å². The molecule has 4 rings (SSSR count). The van der Waals surface area contributed by atoms with Crippen LogP contribution in [-0.2, 0) is 21.4 Å². The Kier molecular flexibility index (Phi) is 5.75. The van der Waals surface area contributed by atoms with Crippen LogP contribution in [0.3, 0.4) is 0 Å². The first-order chi connectivity index (χ1) is 15.2. The number of thiazole rings is 1. The standard InChI is InChI=1S/C20H20N4O6S2/c1-11(2)23-32(27,28)13-5-7-15-16(9-13)30-20(26)24(15)10-18(25)22-19-21-14-6-4-12(29-3)8-17(14)31-19/h4-9,11,23H,10H2,1-3H3,(H,21,22,25). The number of hydrogen-bond acceptors (Lipinski definition) is 8. The maximum absolute atomic E-state index is 12.5. The molecule has 2 heterocycles. The van der Waals surface area contributed by atoms with Gasteiger partial charge < -0.3 is 14.5 Å². The summed E-state index contributed by atoms with van der Waals surface area (Å²) in [5, 5.41) is 3.06. The van der Waals surface area contributed by atoms with Gasteiger partial charge in [0.1, 0.15) is 12.3 Å². The Morgan fingerprint density at radius 3 is 2.75 bits per heavy atom. The van der Waals surface area contributed by atoms with Crippen molar-refractivity contribution in [3.63, 3.8) is 0 Å². The molecule has 12 heteroatoms. The smallest absolute Gasteiger partial charge is 0.420 e. The molecule has 4 aromatic rings. The van der Waals surface area contributed by atoms with E-state index in [1.165, 1.54) is 29.5 Å². The topological polar surface area (TPSA) is 133 Å². The van der Waals surface area contributed by atoms with Gasteiger partial charge in [0.2, 0.25) is 15.9 Å². The van der Waals surface area contributed by atoms with Crippen LogP contribution < -0.4 is 20.5 Å². The van der Waals surface area contributed by atoms with Gasteiger partial charge in [-0.1, -0.05) is 11.3 Å². The molecule has 1 amide bonds. The highest BCUT2D eigenvalue weighted by molar-refractivity contribution is 7.89. The average molecular weight is 477 g/mol. The van der Waals surface area contributed by atoms with Crippen LogP contribution in [0.2, 0.25) is 0 Å². The van der Waals surface area contributed by atoms with E-state index >= 15 is 0 Å². The van der Waals surface area contributed by atoms with Gasteiger partial charge in [-0.3, -0.25) is 9.36 Å². The van der Waals surface area contributed by atoms with E-state index < -0.39 is 21.7 Å². The van der Waals surface area contributed by atoms with Crippen molar-refractivity contribution < 1.29 is 22.4 Å². The number of nitrogens with zero attached hydrogens (tertiary/aromatic N) is 2. The Morgan fingerprint density at radius 1 is 1.25 bits per heavy atom. The van der Waals surface area contributed by atoms with Crippen LogP contribution in [-0.4, -0.2) is 37.0 Å². The number of nitrogens with one attached hydrogen (secondary N) is 2. The molecule has 168 valence electrons. The van der Waals surface area contributed by atoms with E-state index in [0.717, 1.165) is 9.27 Å². The molecule has 0 aliphatic heterocycles. The lowest BCUT2D eigenvalue weighted by molar-refractivity contribution is -0.116. The first kappa shape index (κ1) is 22.0. The number of hydrogen-bond donors (Lipinski definition) is 2. The summed E-state index contributed by atoms with van der Waals surface area (Å²) in [5.41, 5.74) is 1.09. The third kappa shape index (κ3) is 4.38. The molecule has 0 saturated heterocycles. The monoisotopic (exact) mass is 476 g/mol. The largest absolute Gasteiger partial charge is 0.497 e. The minimum atomic E-state index is -3.75. The molecular weight excluding hydrogens is 456 g/mol. The van der Waals surface area contributed by atoms with Gasteiger partial charge in [0.15, 0.2) is 10.7 Å². The van der Waals surface area contributed by atoms with Gasteiger partial charge in [-0.05, 0) is 44.2 Å². The third-order valence-electron chi connectivity index (χ3n) is 4.48. The fourth-order valence-corrected chi connectivity index (χ4v) is 5.31. The van der Waals surface area contributed by atoms with E-state index in [2.05, 4.69) is 15.0 Å². The normalized spacial score (nSPS) is 12.0. The van der Waals surface area contributed by atoms with E-state index in [-0.39, 0.29) is 23.1 Å². The maximum atomic E-state index is 12.5. The zero-order valence-corrected chi connectivity index (χ0v) is 19.0. The van der Waals surface area contributed by atoms with Crippen molar-refractivity contribution in [1.29, 1.82) is 0 Å².